The monoisotopic (exact) mass is 409 g/mol. The number of halogens is 1. The Balaban J connectivity index is 2.49. The van der Waals surface area contributed by atoms with Crippen molar-refractivity contribution in [3.63, 3.8) is 0 Å². The fourth-order valence-electron chi connectivity index (χ4n) is 3.25. The standard InChI is InChI=1S/C20H28FN3O3S/c1-13(2)24(14(3)4)28(26,27)22-19-12-23(6)20(25)11-17(19)10-16-8-7-15(5)9-18(16)21/h7-9,11-14,22H,10H2,1-6H3. The van der Waals surface area contributed by atoms with Crippen LogP contribution in [0.1, 0.15) is 44.4 Å². The molecule has 2 aromatic rings. The first-order valence-corrected chi connectivity index (χ1v) is 10.6. The van der Waals surface area contributed by atoms with Crippen LogP contribution in [-0.4, -0.2) is 29.4 Å². The molecule has 8 heteroatoms. The summed E-state index contributed by atoms with van der Waals surface area (Å²) < 4.78 is 45.4. The van der Waals surface area contributed by atoms with Crippen molar-refractivity contribution in [2.45, 2.75) is 53.1 Å². The summed E-state index contributed by atoms with van der Waals surface area (Å²) in [7, 11) is -2.32. The average Bonchev–Trinajstić information content (AvgIpc) is 2.53. The predicted molar refractivity (Wildman–Crippen MR) is 110 cm³/mol. The molecule has 0 aliphatic rings. The van der Waals surface area contributed by atoms with Gasteiger partial charge in [0.2, 0.25) is 0 Å². The lowest BCUT2D eigenvalue weighted by Gasteiger charge is -2.30. The highest BCUT2D eigenvalue weighted by Gasteiger charge is 2.28. The van der Waals surface area contributed by atoms with Gasteiger partial charge in [0.1, 0.15) is 5.82 Å². The Hall–Kier alpha value is -2.19. The van der Waals surface area contributed by atoms with Crippen molar-refractivity contribution in [3.05, 3.63) is 63.3 Å². The van der Waals surface area contributed by atoms with E-state index >= 15 is 0 Å². The molecule has 0 aliphatic heterocycles. The summed E-state index contributed by atoms with van der Waals surface area (Å²) in [4.78, 5) is 12.1. The van der Waals surface area contributed by atoms with Crippen molar-refractivity contribution in [2.75, 3.05) is 4.72 Å². The van der Waals surface area contributed by atoms with E-state index in [1.807, 2.05) is 0 Å². The van der Waals surface area contributed by atoms with Crippen molar-refractivity contribution in [3.8, 4) is 0 Å². The van der Waals surface area contributed by atoms with Gasteiger partial charge < -0.3 is 4.57 Å². The van der Waals surface area contributed by atoms with Gasteiger partial charge >= 0.3 is 10.2 Å². The van der Waals surface area contributed by atoms with E-state index in [1.54, 1.807) is 53.8 Å². The van der Waals surface area contributed by atoms with Gasteiger partial charge in [-0.25, -0.2) is 4.39 Å². The highest BCUT2D eigenvalue weighted by molar-refractivity contribution is 7.90. The molecule has 1 N–H and O–H groups in total. The Morgan fingerprint density at radius 2 is 1.71 bits per heavy atom. The minimum absolute atomic E-state index is 0.101. The van der Waals surface area contributed by atoms with Crippen LogP contribution in [0.15, 0.2) is 35.3 Å². The maximum Gasteiger partial charge on any atom is 0.302 e. The van der Waals surface area contributed by atoms with Gasteiger partial charge in [0.25, 0.3) is 5.56 Å². The molecule has 0 amide bonds. The van der Waals surface area contributed by atoms with Crippen LogP contribution in [0.3, 0.4) is 0 Å². The summed E-state index contributed by atoms with van der Waals surface area (Å²) in [5, 5.41) is 0. The number of anilines is 1. The molecule has 2 rings (SSSR count). The molecule has 0 spiro atoms. The maximum absolute atomic E-state index is 14.3. The summed E-state index contributed by atoms with van der Waals surface area (Å²) in [6, 6.07) is 5.69. The van der Waals surface area contributed by atoms with Crippen LogP contribution >= 0.6 is 0 Å². The van der Waals surface area contributed by atoms with Crippen molar-refractivity contribution in [1.29, 1.82) is 0 Å². The molecule has 154 valence electrons. The molecule has 0 bridgehead atoms. The number of nitrogens with one attached hydrogen (secondary N) is 1. The normalized spacial score (nSPS) is 12.2. The highest BCUT2D eigenvalue weighted by atomic mass is 32.2. The number of hydrogen-bond acceptors (Lipinski definition) is 3. The van der Waals surface area contributed by atoms with Gasteiger partial charge in [-0.1, -0.05) is 12.1 Å². The van der Waals surface area contributed by atoms with E-state index in [-0.39, 0.29) is 35.6 Å². The van der Waals surface area contributed by atoms with E-state index < -0.39 is 10.2 Å². The van der Waals surface area contributed by atoms with Crippen molar-refractivity contribution in [2.24, 2.45) is 7.05 Å². The molecule has 0 radical (unpaired) electrons. The third-order valence-electron chi connectivity index (χ3n) is 4.44. The van der Waals surface area contributed by atoms with Gasteiger partial charge in [-0.3, -0.25) is 9.52 Å². The molecular formula is C20H28FN3O3S. The third-order valence-corrected chi connectivity index (χ3v) is 6.31. The van der Waals surface area contributed by atoms with Crippen LogP contribution in [0.4, 0.5) is 10.1 Å². The summed E-state index contributed by atoms with van der Waals surface area (Å²) in [5.41, 5.74) is 1.56. The van der Waals surface area contributed by atoms with Crippen LogP contribution in [-0.2, 0) is 23.7 Å². The van der Waals surface area contributed by atoms with Gasteiger partial charge in [0.05, 0.1) is 5.69 Å². The zero-order valence-corrected chi connectivity index (χ0v) is 18.0. The molecule has 28 heavy (non-hydrogen) atoms. The molecule has 0 saturated heterocycles. The molecule has 0 atom stereocenters. The van der Waals surface area contributed by atoms with Gasteiger partial charge in [0, 0.05) is 37.8 Å². The topological polar surface area (TPSA) is 71.4 Å². The molecule has 1 aromatic carbocycles. The minimum atomic E-state index is -3.86. The molecule has 0 aliphatic carbocycles. The fraction of sp³-hybridized carbons (Fsp3) is 0.450. The molecule has 6 nitrogen and oxygen atoms in total. The maximum atomic E-state index is 14.3. The quantitative estimate of drug-likeness (QED) is 0.763. The summed E-state index contributed by atoms with van der Waals surface area (Å²) >= 11 is 0. The second-order valence-electron chi connectivity index (χ2n) is 7.56. The molecule has 1 aromatic heterocycles. The van der Waals surface area contributed by atoms with Crippen molar-refractivity contribution < 1.29 is 12.8 Å². The third kappa shape index (κ3) is 4.99. The first kappa shape index (κ1) is 22.1. The molecular weight excluding hydrogens is 381 g/mol. The summed E-state index contributed by atoms with van der Waals surface area (Å²) in [6.07, 6.45) is 1.53. The number of hydrogen-bond donors (Lipinski definition) is 1. The van der Waals surface area contributed by atoms with Crippen LogP contribution in [0.2, 0.25) is 0 Å². The van der Waals surface area contributed by atoms with Crippen LogP contribution < -0.4 is 10.3 Å². The van der Waals surface area contributed by atoms with E-state index in [0.717, 1.165) is 5.56 Å². The fourth-order valence-corrected chi connectivity index (χ4v) is 4.93. The highest BCUT2D eigenvalue weighted by Crippen LogP contribution is 2.23. The van der Waals surface area contributed by atoms with E-state index in [0.29, 0.717) is 11.1 Å². The largest absolute Gasteiger partial charge is 0.316 e. The van der Waals surface area contributed by atoms with Crippen LogP contribution in [0.5, 0.6) is 0 Å². The molecule has 0 fully saturated rings. The first-order chi connectivity index (χ1) is 12.9. The molecule has 0 saturated carbocycles. The number of aromatic nitrogens is 1. The summed E-state index contributed by atoms with van der Waals surface area (Å²) in [5.74, 6) is -0.388. The lowest BCUT2D eigenvalue weighted by atomic mass is 10.0. The van der Waals surface area contributed by atoms with E-state index in [1.165, 1.54) is 27.2 Å². The number of nitrogens with zero attached hydrogens (tertiary/aromatic N) is 2. The van der Waals surface area contributed by atoms with Crippen molar-refractivity contribution >= 4 is 15.9 Å². The Bertz CT molecular complexity index is 1010. The number of benzene rings is 1. The Labute approximate surface area is 166 Å². The summed E-state index contributed by atoms with van der Waals surface area (Å²) in [6.45, 7) is 8.97. The van der Waals surface area contributed by atoms with Gasteiger partial charge in [0.15, 0.2) is 0 Å². The Kier molecular flexibility index (Phi) is 6.67. The van der Waals surface area contributed by atoms with Crippen LogP contribution in [0.25, 0.3) is 0 Å². The van der Waals surface area contributed by atoms with Gasteiger partial charge in [-0.05, 0) is 57.4 Å². The number of aryl methyl sites for hydroxylation is 2. The lowest BCUT2D eigenvalue weighted by molar-refractivity contribution is 0.304. The Morgan fingerprint density at radius 1 is 1.11 bits per heavy atom. The van der Waals surface area contributed by atoms with E-state index in [9.17, 15) is 17.6 Å². The average molecular weight is 410 g/mol. The smallest absolute Gasteiger partial charge is 0.302 e. The zero-order valence-electron chi connectivity index (χ0n) is 17.2. The first-order valence-electron chi connectivity index (χ1n) is 9.18. The number of pyridine rings is 1. The second kappa shape index (κ2) is 8.45. The van der Waals surface area contributed by atoms with E-state index in [2.05, 4.69) is 4.72 Å². The second-order valence-corrected chi connectivity index (χ2v) is 9.13. The SMILES string of the molecule is Cc1ccc(Cc2cc(=O)n(C)cc2NS(=O)(=O)N(C(C)C)C(C)C)c(F)c1. The Morgan fingerprint density at radius 3 is 2.25 bits per heavy atom. The predicted octanol–water partition coefficient (Wildman–Crippen LogP) is 3.20. The zero-order chi connectivity index (χ0) is 21.2. The minimum Gasteiger partial charge on any atom is -0.316 e. The van der Waals surface area contributed by atoms with Gasteiger partial charge in [-0.15, -0.1) is 0 Å². The molecule has 1 heterocycles. The van der Waals surface area contributed by atoms with E-state index in [4.69, 9.17) is 0 Å². The number of rotatable bonds is 7. The van der Waals surface area contributed by atoms with Crippen LogP contribution in [0, 0.1) is 12.7 Å². The molecule has 0 unspecified atom stereocenters. The van der Waals surface area contributed by atoms with Gasteiger partial charge in [-0.2, -0.15) is 12.7 Å². The lowest BCUT2D eigenvalue weighted by Crippen LogP contribution is -2.45. The van der Waals surface area contributed by atoms with Crippen molar-refractivity contribution in [1.82, 2.24) is 8.87 Å².